The van der Waals surface area contributed by atoms with Gasteiger partial charge in [0, 0.05) is 11.8 Å². The summed E-state index contributed by atoms with van der Waals surface area (Å²) in [4.78, 5) is 4.00. The summed E-state index contributed by atoms with van der Waals surface area (Å²) in [7, 11) is 0. The second-order valence-electron chi connectivity index (χ2n) is 4.05. The van der Waals surface area contributed by atoms with Crippen LogP contribution in [-0.2, 0) is 0 Å². The van der Waals surface area contributed by atoms with Crippen molar-refractivity contribution in [2.75, 3.05) is 5.73 Å². The van der Waals surface area contributed by atoms with E-state index < -0.39 is 0 Å². The van der Waals surface area contributed by atoms with Gasteiger partial charge in [-0.15, -0.1) is 0 Å². The van der Waals surface area contributed by atoms with Crippen molar-refractivity contribution in [3.8, 4) is 0 Å². The summed E-state index contributed by atoms with van der Waals surface area (Å²) in [6.07, 6.45) is 8.86. The third-order valence-electron chi connectivity index (χ3n) is 2.67. The first kappa shape index (κ1) is 10.6. The molecule has 1 aromatic rings. The summed E-state index contributed by atoms with van der Waals surface area (Å²) in [6.45, 7) is 2.14. The van der Waals surface area contributed by atoms with E-state index in [1.165, 1.54) is 0 Å². The van der Waals surface area contributed by atoms with Crippen molar-refractivity contribution in [1.82, 2.24) is 4.98 Å². The van der Waals surface area contributed by atoms with Gasteiger partial charge in [-0.2, -0.15) is 0 Å². The Kier molecular flexibility index (Phi) is 2.86. The second-order valence-corrected chi connectivity index (χ2v) is 4.05. The molecule has 0 spiro atoms. The zero-order valence-electron chi connectivity index (χ0n) is 9.27. The number of rotatable bonds is 2. The van der Waals surface area contributed by atoms with Crippen molar-refractivity contribution in [3.05, 3.63) is 47.7 Å². The molecule has 1 atom stereocenters. The number of nitrogens with zero attached hydrogens (tertiary/aromatic N) is 1. The SMILES string of the molecule is CC1C=C(C(=N)c2cccnc2N)C=CC1. The molecule has 0 amide bonds. The molecule has 3 N–H and O–H groups in total. The molecule has 0 aromatic carbocycles. The van der Waals surface area contributed by atoms with Gasteiger partial charge in [0.2, 0.25) is 0 Å². The lowest BCUT2D eigenvalue weighted by molar-refractivity contribution is 0.733. The lowest BCUT2D eigenvalue weighted by Crippen LogP contribution is -2.09. The molecule has 1 unspecified atom stereocenters. The molecule has 3 heteroatoms. The van der Waals surface area contributed by atoms with Gasteiger partial charge in [0.15, 0.2) is 0 Å². The Morgan fingerprint density at radius 3 is 3.06 bits per heavy atom. The lowest BCUT2D eigenvalue weighted by Gasteiger charge is -2.14. The summed E-state index contributed by atoms with van der Waals surface area (Å²) >= 11 is 0. The number of hydrogen-bond donors (Lipinski definition) is 2. The van der Waals surface area contributed by atoms with Gasteiger partial charge in [-0.3, -0.25) is 5.41 Å². The Morgan fingerprint density at radius 2 is 2.38 bits per heavy atom. The van der Waals surface area contributed by atoms with Crippen LogP contribution in [0.4, 0.5) is 5.82 Å². The van der Waals surface area contributed by atoms with Crippen molar-refractivity contribution in [2.24, 2.45) is 5.92 Å². The topological polar surface area (TPSA) is 62.8 Å². The Labute approximate surface area is 95.2 Å². The smallest absolute Gasteiger partial charge is 0.132 e. The van der Waals surface area contributed by atoms with Gasteiger partial charge in [0.25, 0.3) is 0 Å². The number of aromatic nitrogens is 1. The number of nitrogens with one attached hydrogen (secondary N) is 1. The number of pyridine rings is 1. The first-order valence-electron chi connectivity index (χ1n) is 5.36. The highest BCUT2D eigenvalue weighted by Gasteiger charge is 2.12. The zero-order valence-corrected chi connectivity index (χ0v) is 9.27. The van der Waals surface area contributed by atoms with Crippen LogP contribution in [0.5, 0.6) is 0 Å². The van der Waals surface area contributed by atoms with E-state index in [-0.39, 0.29) is 0 Å². The minimum absolute atomic E-state index is 0.417. The molecule has 1 aliphatic rings. The monoisotopic (exact) mass is 213 g/mol. The van der Waals surface area contributed by atoms with Crippen LogP contribution in [0, 0.1) is 11.3 Å². The Bertz CT molecular complexity index is 472. The maximum Gasteiger partial charge on any atom is 0.132 e. The molecule has 0 aliphatic heterocycles. The lowest BCUT2D eigenvalue weighted by atomic mass is 9.93. The van der Waals surface area contributed by atoms with Crippen LogP contribution in [-0.4, -0.2) is 10.7 Å². The van der Waals surface area contributed by atoms with Crippen molar-refractivity contribution >= 4 is 11.5 Å². The largest absolute Gasteiger partial charge is 0.383 e. The highest BCUT2D eigenvalue weighted by Crippen LogP contribution is 2.21. The maximum atomic E-state index is 8.12. The summed E-state index contributed by atoms with van der Waals surface area (Å²) in [5.41, 5.74) is 7.84. The van der Waals surface area contributed by atoms with Crippen LogP contribution in [0.3, 0.4) is 0 Å². The average Bonchev–Trinajstić information content (AvgIpc) is 2.29. The maximum absolute atomic E-state index is 8.12. The number of anilines is 1. The quantitative estimate of drug-likeness (QED) is 0.741. The van der Waals surface area contributed by atoms with Gasteiger partial charge in [-0.1, -0.05) is 25.2 Å². The van der Waals surface area contributed by atoms with Crippen LogP contribution in [0.15, 0.2) is 42.1 Å². The summed E-state index contributed by atoms with van der Waals surface area (Å²) < 4.78 is 0. The van der Waals surface area contributed by atoms with Crippen LogP contribution in [0.1, 0.15) is 18.9 Å². The van der Waals surface area contributed by atoms with Crippen LogP contribution < -0.4 is 5.73 Å². The molecule has 82 valence electrons. The minimum Gasteiger partial charge on any atom is -0.383 e. The number of nitrogen functional groups attached to an aromatic ring is 1. The van der Waals surface area contributed by atoms with E-state index in [0.29, 0.717) is 23.0 Å². The average molecular weight is 213 g/mol. The molecule has 1 aromatic heterocycles. The Hall–Kier alpha value is -1.90. The summed E-state index contributed by atoms with van der Waals surface area (Å²) in [6, 6.07) is 3.63. The molecule has 2 rings (SSSR count). The van der Waals surface area contributed by atoms with Gasteiger partial charge >= 0.3 is 0 Å². The van der Waals surface area contributed by atoms with Crippen molar-refractivity contribution in [2.45, 2.75) is 13.3 Å². The molecule has 3 nitrogen and oxygen atoms in total. The van der Waals surface area contributed by atoms with Crippen LogP contribution in [0.25, 0.3) is 0 Å². The van der Waals surface area contributed by atoms with E-state index in [2.05, 4.69) is 24.1 Å². The second kappa shape index (κ2) is 4.31. The number of allylic oxidation sites excluding steroid dienone is 4. The van der Waals surface area contributed by atoms with Gasteiger partial charge in [0.05, 0.1) is 5.71 Å². The minimum atomic E-state index is 0.417. The molecule has 0 radical (unpaired) electrons. The van der Waals surface area contributed by atoms with Crippen molar-refractivity contribution in [1.29, 1.82) is 5.41 Å². The summed E-state index contributed by atoms with van der Waals surface area (Å²) in [5, 5.41) is 8.12. The highest BCUT2D eigenvalue weighted by atomic mass is 14.8. The van der Waals surface area contributed by atoms with Gasteiger partial charge in [-0.25, -0.2) is 4.98 Å². The fraction of sp³-hybridized carbons (Fsp3) is 0.231. The third-order valence-corrected chi connectivity index (χ3v) is 2.67. The van der Waals surface area contributed by atoms with Crippen LogP contribution >= 0.6 is 0 Å². The number of nitrogens with two attached hydrogens (primary N) is 1. The van der Waals surface area contributed by atoms with E-state index in [1.54, 1.807) is 12.3 Å². The highest BCUT2D eigenvalue weighted by molar-refractivity contribution is 6.14. The summed E-state index contributed by atoms with van der Waals surface area (Å²) in [5.74, 6) is 0.901. The van der Waals surface area contributed by atoms with Gasteiger partial charge < -0.3 is 5.73 Å². The van der Waals surface area contributed by atoms with Gasteiger partial charge in [-0.05, 0) is 30.0 Å². The Balaban J connectivity index is 2.33. The van der Waals surface area contributed by atoms with E-state index >= 15 is 0 Å². The number of hydrogen-bond acceptors (Lipinski definition) is 3. The zero-order chi connectivity index (χ0) is 11.5. The Morgan fingerprint density at radius 1 is 1.56 bits per heavy atom. The fourth-order valence-electron chi connectivity index (χ4n) is 1.79. The molecule has 0 saturated heterocycles. The molecular weight excluding hydrogens is 198 g/mol. The van der Waals surface area contributed by atoms with Crippen LogP contribution in [0.2, 0.25) is 0 Å². The first-order chi connectivity index (χ1) is 7.68. The standard InChI is InChI=1S/C13H15N3/c1-9-4-2-5-10(8-9)12(14)11-6-3-7-16-13(11)15/h2-3,5-9,14H,4H2,1H3,(H2,15,16). The molecule has 16 heavy (non-hydrogen) atoms. The molecule has 1 aliphatic carbocycles. The van der Waals surface area contributed by atoms with E-state index in [4.69, 9.17) is 11.1 Å². The molecule has 0 saturated carbocycles. The predicted octanol–water partition coefficient (Wildman–Crippen LogP) is 2.55. The van der Waals surface area contributed by atoms with E-state index in [0.717, 1.165) is 12.0 Å². The third kappa shape index (κ3) is 2.03. The predicted molar refractivity (Wildman–Crippen MR) is 66.5 cm³/mol. The normalized spacial score (nSPS) is 19.3. The molecule has 0 fully saturated rings. The van der Waals surface area contributed by atoms with Crippen molar-refractivity contribution < 1.29 is 0 Å². The van der Waals surface area contributed by atoms with Crippen molar-refractivity contribution in [3.63, 3.8) is 0 Å². The fourth-order valence-corrected chi connectivity index (χ4v) is 1.79. The first-order valence-corrected chi connectivity index (χ1v) is 5.36. The molecular formula is C13H15N3. The van der Waals surface area contributed by atoms with E-state index in [1.807, 2.05) is 12.1 Å². The molecule has 0 bridgehead atoms. The van der Waals surface area contributed by atoms with Gasteiger partial charge in [0.1, 0.15) is 5.82 Å². The molecule has 1 heterocycles. The van der Waals surface area contributed by atoms with E-state index in [9.17, 15) is 0 Å².